The molecule has 1 aliphatic heterocycles. The Bertz CT molecular complexity index is 1170. The van der Waals surface area contributed by atoms with Crippen molar-refractivity contribution in [3.05, 3.63) is 77.0 Å². The largest absolute Gasteiger partial charge is 0.354 e. The molecular weight excluding hydrogens is 420 g/mol. The topological polar surface area (TPSA) is 66.4 Å². The quantitative estimate of drug-likeness (QED) is 0.573. The van der Waals surface area contributed by atoms with E-state index in [4.69, 9.17) is 9.97 Å². The summed E-state index contributed by atoms with van der Waals surface area (Å²) >= 11 is 0. The third kappa shape index (κ3) is 5.00. The number of nitrogens with zero attached hydrogens (tertiary/aromatic N) is 4. The molecule has 168 valence electrons. The smallest absolute Gasteiger partial charge is 0.211 e. The molecule has 0 spiro atoms. The van der Waals surface area contributed by atoms with Gasteiger partial charge in [0.25, 0.3) is 0 Å². The zero-order valence-corrected chi connectivity index (χ0v) is 19.8. The molecule has 0 amide bonds. The predicted molar refractivity (Wildman–Crippen MR) is 129 cm³/mol. The maximum atomic E-state index is 12.0. The van der Waals surface area contributed by atoms with E-state index in [0.29, 0.717) is 26.2 Å². The van der Waals surface area contributed by atoms with Gasteiger partial charge in [0.05, 0.1) is 6.26 Å². The average Bonchev–Trinajstić information content (AvgIpc) is 2.80. The summed E-state index contributed by atoms with van der Waals surface area (Å²) in [5, 5.41) is 0. The summed E-state index contributed by atoms with van der Waals surface area (Å²) in [6, 6.07) is 18.6. The molecule has 1 aliphatic rings. The van der Waals surface area contributed by atoms with Gasteiger partial charge < -0.3 is 4.90 Å². The summed E-state index contributed by atoms with van der Waals surface area (Å²) in [6.07, 6.45) is 2.83. The zero-order valence-electron chi connectivity index (χ0n) is 19.0. The Morgan fingerprint density at radius 1 is 0.906 bits per heavy atom. The fourth-order valence-electron chi connectivity index (χ4n) is 4.11. The minimum Gasteiger partial charge on any atom is -0.354 e. The highest BCUT2D eigenvalue weighted by atomic mass is 32.2. The van der Waals surface area contributed by atoms with Gasteiger partial charge in [-0.2, -0.15) is 4.31 Å². The average molecular weight is 451 g/mol. The Hall–Kier alpha value is -2.77. The van der Waals surface area contributed by atoms with Gasteiger partial charge in [0.2, 0.25) is 10.0 Å². The molecule has 2 aromatic carbocycles. The first-order valence-electron chi connectivity index (χ1n) is 11.1. The molecule has 6 nitrogen and oxygen atoms in total. The molecule has 1 fully saturated rings. The molecule has 1 saturated heterocycles. The van der Waals surface area contributed by atoms with E-state index in [-0.39, 0.29) is 0 Å². The van der Waals surface area contributed by atoms with E-state index >= 15 is 0 Å². The zero-order chi connectivity index (χ0) is 22.7. The van der Waals surface area contributed by atoms with Crippen LogP contribution in [0.15, 0.2) is 54.6 Å². The Balaban J connectivity index is 1.76. The Kier molecular flexibility index (Phi) is 6.58. The lowest BCUT2D eigenvalue weighted by Gasteiger charge is -2.35. The van der Waals surface area contributed by atoms with E-state index in [0.717, 1.165) is 41.3 Å². The van der Waals surface area contributed by atoms with Crippen LogP contribution < -0.4 is 4.90 Å². The van der Waals surface area contributed by atoms with Crippen molar-refractivity contribution in [3.63, 3.8) is 0 Å². The van der Waals surface area contributed by atoms with Crippen LogP contribution in [0.2, 0.25) is 0 Å². The van der Waals surface area contributed by atoms with Crippen LogP contribution in [0.1, 0.15) is 29.3 Å². The lowest BCUT2D eigenvalue weighted by Crippen LogP contribution is -2.49. The minimum atomic E-state index is -3.18. The first kappa shape index (κ1) is 22.4. The molecule has 0 aliphatic carbocycles. The number of anilines is 1. The fourth-order valence-corrected chi connectivity index (χ4v) is 4.94. The summed E-state index contributed by atoms with van der Waals surface area (Å²) in [6.45, 7) is 6.38. The highest BCUT2D eigenvalue weighted by Crippen LogP contribution is 2.29. The Morgan fingerprint density at radius 2 is 1.56 bits per heavy atom. The summed E-state index contributed by atoms with van der Waals surface area (Å²) < 4.78 is 25.5. The van der Waals surface area contributed by atoms with Crippen molar-refractivity contribution in [1.29, 1.82) is 0 Å². The molecule has 2 heterocycles. The fraction of sp³-hybridized carbons (Fsp3) is 0.360. The molecule has 32 heavy (non-hydrogen) atoms. The molecule has 0 saturated carbocycles. The normalized spacial score (nSPS) is 15.2. The van der Waals surface area contributed by atoms with Crippen LogP contribution in [-0.4, -0.2) is 55.1 Å². The van der Waals surface area contributed by atoms with Crippen LogP contribution in [0.3, 0.4) is 0 Å². The van der Waals surface area contributed by atoms with Crippen molar-refractivity contribution >= 4 is 15.8 Å². The van der Waals surface area contributed by atoms with Crippen LogP contribution in [-0.2, 0) is 22.9 Å². The molecule has 4 rings (SSSR count). The summed E-state index contributed by atoms with van der Waals surface area (Å²) in [5.41, 5.74) is 5.61. The van der Waals surface area contributed by atoms with Crippen molar-refractivity contribution in [2.45, 2.75) is 26.7 Å². The van der Waals surface area contributed by atoms with Gasteiger partial charge in [-0.05, 0) is 18.9 Å². The number of piperazine rings is 1. The number of rotatable bonds is 6. The standard InChI is InChI=1S/C25H30N4O2S/c1-4-23-22(18-20-12-10-19(2)11-13-20)25(27-24(26-23)21-8-6-5-7-9-21)28-14-16-29(17-15-28)32(3,30)31/h5-13H,4,14-18H2,1-3H3. The molecular formula is C25H30N4O2S. The van der Waals surface area contributed by atoms with Gasteiger partial charge in [-0.15, -0.1) is 0 Å². The number of sulfonamides is 1. The van der Waals surface area contributed by atoms with Gasteiger partial charge in [0.1, 0.15) is 5.82 Å². The molecule has 0 bridgehead atoms. The van der Waals surface area contributed by atoms with E-state index in [9.17, 15) is 8.42 Å². The van der Waals surface area contributed by atoms with E-state index in [1.54, 1.807) is 4.31 Å². The van der Waals surface area contributed by atoms with Gasteiger partial charge >= 0.3 is 0 Å². The van der Waals surface area contributed by atoms with Gasteiger partial charge in [-0.25, -0.2) is 18.4 Å². The van der Waals surface area contributed by atoms with Gasteiger partial charge in [-0.1, -0.05) is 67.1 Å². The van der Waals surface area contributed by atoms with Crippen LogP contribution in [0, 0.1) is 6.92 Å². The van der Waals surface area contributed by atoms with Crippen LogP contribution >= 0.6 is 0 Å². The van der Waals surface area contributed by atoms with Crippen molar-refractivity contribution in [2.75, 3.05) is 37.3 Å². The predicted octanol–water partition coefficient (Wildman–Crippen LogP) is 3.69. The number of benzene rings is 2. The van der Waals surface area contributed by atoms with E-state index in [2.05, 4.69) is 43.0 Å². The third-order valence-electron chi connectivity index (χ3n) is 5.95. The number of hydrogen-bond donors (Lipinski definition) is 0. The van der Waals surface area contributed by atoms with Crippen LogP contribution in [0.25, 0.3) is 11.4 Å². The van der Waals surface area contributed by atoms with Crippen LogP contribution in [0.4, 0.5) is 5.82 Å². The SMILES string of the molecule is CCc1nc(-c2ccccc2)nc(N2CCN(S(C)(=O)=O)CC2)c1Cc1ccc(C)cc1. The second kappa shape index (κ2) is 9.38. The van der Waals surface area contributed by atoms with Crippen LogP contribution in [0.5, 0.6) is 0 Å². The minimum absolute atomic E-state index is 0.467. The third-order valence-corrected chi connectivity index (χ3v) is 7.25. The molecule has 0 radical (unpaired) electrons. The molecule has 1 aromatic heterocycles. The Labute approximate surface area is 191 Å². The van der Waals surface area contributed by atoms with Gasteiger partial charge in [0, 0.05) is 49.4 Å². The second-order valence-corrected chi connectivity index (χ2v) is 10.3. The Morgan fingerprint density at radius 3 is 2.16 bits per heavy atom. The van der Waals surface area contributed by atoms with E-state index in [1.807, 2.05) is 30.3 Å². The number of aryl methyl sites for hydroxylation is 2. The highest BCUT2D eigenvalue weighted by molar-refractivity contribution is 7.88. The number of aromatic nitrogens is 2. The molecule has 7 heteroatoms. The first-order valence-corrected chi connectivity index (χ1v) is 12.9. The highest BCUT2D eigenvalue weighted by Gasteiger charge is 2.27. The van der Waals surface area contributed by atoms with Crippen molar-refractivity contribution in [2.24, 2.45) is 0 Å². The lowest BCUT2D eigenvalue weighted by atomic mass is 10.0. The van der Waals surface area contributed by atoms with Gasteiger partial charge in [0.15, 0.2) is 5.82 Å². The van der Waals surface area contributed by atoms with Gasteiger partial charge in [-0.3, -0.25) is 0 Å². The lowest BCUT2D eigenvalue weighted by molar-refractivity contribution is 0.386. The van der Waals surface area contributed by atoms with Crippen molar-refractivity contribution in [1.82, 2.24) is 14.3 Å². The summed E-state index contributed by atoms with van der Waals surface area (Å²) in [7, 11) is -3.18. The molecule has 0 N–H and O–H groups in total. The summed E-state index contributed by atoms with van der Waals surface area (Å²) in [5.74, 6) is 1.64. The van der Waals surface area contributed by atoms with Crippen molar-refractivity contribution < 1.29 is 8.42 Å². The van der Waals surface area contributed by atoms with E-state index < -0.39 is 10.0 Å². The van der Waals surface area contributed by atoms with Crippen molar-refractivity contribution in [3.8, 4) is 11.4 Å². The summed E-state index contributed by atoms with van der Waals surface area (Å²) in [4.78, 5) is 12.2. The monoisotopic (exact) mass is 450 g/mol. The molecule has 0 atom stereocenters. The first-order chi connectivity index (χ1) is 15.3. The number of hydrogen-bond acceptors (Lipinski definition) is 5. The second-order valence-electron chi connectivity index (χ2n) is 8.33. The molecule has 3 aromatic rings. The van der Waals surface area contributed by atoms with E-state index in [1.165, 1.54) is 17.4 Å². The molecule has 0 unspecified atom stereocenters. The maximum Gasteiger partial charge on any atom is 0.211 e. The maximum absolute atomic E-state index is 12.0.